The van der Waals surface area contributed by atoms with Gasteiger partial charge in [0.1, 0.15) is 4.83 Å². The van der Waals surface area contributed by atoms with Gasteiger partial charge in [0, 0.05) is 32.2 Å². The number of rotatable bonds is 4. The van der Waals surface area contributed by atoms with Gasteiger partial charge in [-0.3, -0.25) is 14.5 Å². The lowest BCUT2D eigenvalue weighted by Crippen LogP contribution is -2.56. The van der Waals surface area contributed by atoms with Gasteiger partial charge in [-0.2, -0.15) is 0 Å². The second-order valence-corrected chi connectivity index (χ2v) is 9.74. The van der Waals surface area contributed by atoms with Crippen molar-refractivity contribution in [2.75, 3.05) is 19.6 Å². The minimum absolute atomic E-state index is 0.107. The van der Waals surface area contributed by atoms with Crippen molar-refractivity contribution in [1.82, 2.24) is 19.8 Å². The number of carbonyl (C=O) groups excluding carboxylic acids is 1. The number of fused-ring (bicyclic) bond motifs is 1. The van der Waals surface area contributed by atoms with Gasteiger partial charge in [0.15, 0.2) is 0 Å². The molecule has 1 amide bonds. The fourth-order valence-corrected chi connectivity index (χ4v) is 5.13. The van der Waals surface area contributed by atoms with E-state index in [0.29, 0.717) is 33.5 Å². The summed E-state index contributed by atoms with van der Waals surface area (Å²) in [7, 11) is 1.68. The molecule has 0 saturated carbocycles. The zero-order valence-electron chi connectivity index (χ0n) is 17.1. The fourth-order valence-electron chi connectivity index (χ4n) is 4.07. The van der Waals surface area contributed by atoms with E-state index in [4.69, 9.17) is 0 Å². The molecule has 0 aromatic carbocycles. The number of nitrogens with one attached hydrogen (secondary N) is 1. The van der Waals surface area contributed by atoms with Gasteiger partial charge in [0.05, 0.1) is 16.6 Å². The highest BCUT2D eigenvalue weighted by Crippen LogP contribution is 2.28. The molecule has 1 aliphatic heterocycles. The monoisotopic (exact) mass is 390 g/mol. The normalized spacial score (nSPS) is 21.6. The summed E-state index contributed by atoms with van der Waals surface area (Å²) >= 11 is 1.29. The van der Waals surface area contributed by atoms with Crippen molar-refractivity contribution in [1.29, 1.82) is 0 Å². The average molecular weight is 391 g/mol. The van der Waals surface area contributed by atoms with Gasteiger partial charge in [-0.1, -0.05) is 13.8 Å². The van der Waals surface area contributed by atoms with Crippen molar-refractivity contribution in [3.8, 4) is 0 Å². The summed E-state index contributed by atoms with van der Waals surface area (Å²) in [6.45, 7) is 13.5. The number of aromatic nitrogens is 2. The largest absolute Gasteiger partial charge is 0.349 e. The number of hydrogen-bond donors (Lipinski definition) is 1. The molecule has 1 saturated heterocycles. The Morgan fingerprint density at radius 3 is 2.59 bits per heavy atom. The van der Waals surface area contributed by atoms with Crippen LogP contribution in [0, 0.1) is 18.8 Å². The van der Waals surface area contributed by atoms with Crippen LogP contribution >= 0.6 is 11.3 Å². The molecular formula is C20H30N4O2S. The van der Waals surface area contributed by atoms with E-state index in [1.54, 1.807) is 7.05 Å². The predicted molar refractivity (Wildman–Crippen MR) is 111 cm³/mol. The van der Waals surface area contributed by atoms with Crippen LogP contribution in [-0.4, -0.2) is 45.5 Å². The van der Waals surface area contributed by atoms with Gasteiger partial charge in [-0.05, 0) is 44.6 Å². The number of likely N-dealkylation sites (tertiary alicyclic amines) is 1. The number of nitrogens with zero attached hydrogens (tertiary/aromatic N) is 3. The van der Waals surface area contributed by atoms with E-state index in [9.17, 15) is 9.59 Å². The minimum Gasteiger partial charge on any atom is -0.349 e. The molecule has 0 radical (unpaired) electrons. The van der Waals surface area contributed by atoms with Gasteiger partial charge in [-0.25, -0.2) is 4.98 Å². The molecule has 7 heteroatoms. The van der Waals surface area contributed by atoms with E-state index in [-0.39, 0.29) is 17.0 Å². The maximum Gasteiger partial charge on any atom is 0.262 e. The zero-order chi connectivity index (χ0) is 19.9. The Balaban J connectivity index is 1.76. The van der Waals surface area contributed by atoms with Gasteiger partial charge in [-0.15, -0.1) is 11.3 Å². The highest BCUT2D eigenvalue weighted by Gasteiger charge is 2.33. The third-order valence-corrected chi connectivity index (χ3v) is 6.82. The number of aryl methyl sites for hydroxylation is 2. The summed E-state index contributed by atoms with van der Waals surface area (Å²) in [5.74, 6) is 1.23. The molecule has 6 nitrogen and oxygen atoms in total. The van der Waals surface area contributed by atoms with Crippen molar-refractivity contribution >= 4 is 27.5 Å². The molecule has 148 valence electrons. The third kappa shape index (κ3) is 3.94. The highest BCUT2D eigenvalue weighted by atomic mass is 32.1. The first-order valence-corrected chi connectivity index (χ1v) is 10.4. The topological polar surface area (TPSA) is 67.2 Å². The van der Waals surface area contributed by atoms with E-state index in [2.05, 4.69) is 42.9 Å². The van der Waals surface area contributed by atoms with Gasteiger partial charge < -0.3 is 9.88 Å². The molecule has 0 spiro atoms. The maximum atomic E-state index is 12.8. The Labute approximate surface area is 164 Å². The first-order valence-electron chi connectivity index (χ1n) is 9.58. The Kier molecular flexibility index (Phi) is 5.45. The van der Waals surface area contributed by atoms with E-state index in [0.717, 1.165) is 18.7 Å². The molecule has 1 fully saturated rings. The lowest BCUT2D eigenvalue weighted by atomic mass is 9.88. The summed E-state index contributed by atoms with van der Waals surface area (Å²) < 4.78 is 1.45. The Morgan fingerprint density at radius 2 is 1.96 bits per heavy atom. The Hall–Kier alpha value is -1.73. The van der Waals surface area contributed by atoms with Crippen LogP contribution in [0.2, 0.25) is 0 Å². The van der Waals surface area contributed by atoms with Gasteiger partial charge in [0.25, 0.3) is 11.5 Å². The van der Waals surface area contributed by atoms with Crippen LogP contribution < -0.4 is 10.9 Å². The second kappa shape index (κ2) is 7.36. The van der Waals surface area contributed by atoms with Crippen LogP contribution in [0.5, 0.6) is 0 Å². The number of piperidine rings is 1. The van der Waals surface area contributed by atoms with Crippen LogP contribution in [0.4, 0.5) is 0 Å². The summed E-state index contributed by atoms with van der Waals surface area (Å²) in [5.41, 5.74) is 0.501. The molecule has 1 N–H and O–H groups in total. The van der Waals surface area contributed by atoms with Crippen LogP contribution in [0.25, 0.3) is 10.2 Å². The lowest BCUT2D eigenvalue weighted by Gasteiger charge is -2.45. The molecule has 2 aromatic heterocycles. The van der Waals surface area contributed by atoms with Crippen LogP contribution in [0.15, 0.2) is 11.1 Å². The zero-order valence-corrected chi connectivity index (χ0v) is 17.9. The van der Waals surface area contributed by atoms with E-state index in [1.165, 1.54) is 28.7 Å². The third-order valence-electron chi connectivity index (χ3n) is 5.62. The average Bonchev–Trinajstić information content (AvgIpc) is 2.93. The van der Waals surface area contributed by atoms with Crippen molar-refractivity contribution in [3.05, 3.63) is 27.1 Å². The molecule has 1 aliphatic rings. The number of hydrogen-bond acceptors (Lipinski definition) is 5. The first kappa shape index (κ1) is 20.0. The summed E-state index contributed by atoms with van der Waals surface area (Å²) in [4.78, 5) is 33.2. The standard InChI is InChI=1S/C20H30N4O2S/c1-12-7-13(2)9-24(8-12)20(4,5)10-21-17(25)16-14(3)15-18(27-16)22-11-23(6)19(15)26/h11-13H,7-10H2,1-6H3,(H,21,25). The lowest BCUT2D eigenvalue weighted by molar-refractivity contribution is 0.0445. The number of carbonyl (C=O) groups is 1. The second-order valence-electron chi connectivity index (χ2n) is 8.74. The van der Waals surface area contributed by atoms with Crippen molar-refractivity contribution in [2.24, 2.45) is 18.9 Å². The van der Waals surface area contributed by atoms with Crippen molar-refractivity contribution in [3.63, 3.8) is 0 Å². The summed E-state index contributed by atoms with van der Waals surface area (Å²) in [6, 6.07) is 0. The van der Waals surface area contributed by atoms with Gasteiger partial charge >= 0.3 is 0 Å². The summed E-state index contributed by atoms with van der Waals surface area (Å²) in [5, 5.41) is 3.64. The molecule has 27 heavy (non-hydrogen) atoms. The fraction of sp³-hybridized carbons (Fsp3) is 0.650. The van der Waals surface area contributed by atoms with Crippen LogP contribution in [0.3, 0.4) is 0 Å². The van der Waals surface area contributed by atoms with E-state index >= 15 is 0 Å². The predicted octanol–water partition coefficient (Wildman–Crippen LogP) is 2.79. The Bertz CT molecular complexity index is 905. The maximum absolute atomic E-state index is 12.8. The van der Waals surface area contributed by atoms with Crippen molar-refractivity contribution in [2.45, 2.75) is 46.6 Å². The molecule has 2 atom stereocenters. The number of amides is 1. The number of thiophene rings is 1. The molecule has 0 aliphatic carbocycles. The molecule has 2 unspecified atom stereocenters. The SMILES string of the molecule is Cc1c(C(=O)NCC(C)(C)N2CC(C)CC(C)C2)sc2ncn(C)c(=O)c12. The van der Waals surface area contributed by atoms with Crippen molar-refractivity contribution < 1.29 is 4.79 Å². The van der Waals surface area contributed by atoms with E-state index < -0.39 is 0 Å². The Morgan fingerprint density at radius 1 is 1.33 bits per heavy atom. The summed E-state index contributed by atoms with van der Waals surface area (Å²) in [6.07, 6.45) is 2.77. The molecule has 2 aromatic rings. The van der Waals surface area contributed by atoms with Gasteiger partial charge in [0.2, 0.25) is 0 Å². The highest BCUT2D eigenvalue weighted by molar-refractivity contribution is 7.20. The quantitative estimate of drug-likeness (QED) is 0.872. The minimum atomic E-state index is -0.122. The van der Waals surface area contributed by atoms with Crippen LogP contribution in [-0.2, 0) is 7.05 Å². The smallest absolute Gasteiger partial charge is 0.262 e. The van der Waals surface area contributed by atoms with E-state index in [1.807, 2.05) is 6.92 Å². The van der Waals surface area contributed by atoms with Crippen LogP contribution in [0.1, 0.15) is 49.4 Å². The molecule has 3 heterocycles. The molecule has 3 rings (SSSR count). The first-order chi connectivity index (χ1) is 12.6. The molecule has 0 bridgehead atoms. The molecular weight excluding hydrogens is 360 g/mol.